The number of hydrogen-bond donors (Lipinski definition) is 1. The minimum Gasteiger partial charge on any atom is -0.329 e. The number of nitrogens with one attached hydrogen (secondary N) is 1. The Balaban J connectivity index is 2.29. The zero-order valence-corrected chi connectivity index (χ0v) is 8.60. The molecule has 0 radical (unpaired) electrons. The summed E-state index contributed by atoms with van der Waals surface area (Å²) in [4.78, 5) is 12.7. The average molecular weight is 224 g/mol. The standard InChI is InChI=1S/C9H15F3N2O/c1-7-2-4-14(5-3-7)8(15)13-6-9(10,11)12/h7H,2-6H2,1H3,(H,13,15). The fourth-order valence-electron chi connectivity index (χ4n) is 1.50. The number of hydrogen-bond acceptors (Lipinski definition) is 1. The van der Waals surface area contributed by atoms with Crippen LogP contribution in [0.4, 0.5) is 18.0 Å². The van der Waals surface area contributed by atoms with Gasteiger partial charge in [0.25, 0.3) is 0 Å². The summed E-state index contributed by atoms with van der Waals surface area (Å²) in [6.45, 7) is 1.92. The predicted molar refractivity (Wildman–Crippen MR) is 49.4 cm³/mol. The average Bonchev–Trinajstić information content (AvgIpc) is 2.14. The van der Waals surface area contributed by atoms with Crippen molar-refractivity contribution in [1.29, 1.82) is 0 Å². The molecule has 0 unspecified atom stereocenters. The van der Waals surface area contributed by atoms with E-state index < -0.39 is 18.8 Å². The highest BCUT2D eigenvalue weighted by Crippen LogP contribution is 2.16. The maximum atomic E-state index is 11.8. The van der Waals surface area contributed by atoms with Crippen LogP contribution in [0.5, 0.6) is 0 Å². The van der Waals surface area contributed by atoms with E-state index in [1.54, 1.807) is 0 Å². The maximum absolute atomic E-state index is 11.8. The third-order valence-corrected chi connectivity index (χ3v) is 2.51. The van der Waals surface area contributed by atoms with E-state index in [4.69, 9.17) is 0 Å². The van der Waals surface area contributed by atoms with Gasteiger partial charge in [-0.15, -0.1) is 0 Å². The summed E-state index contributed by atoms with van der Waals surface area (Å²) in [6, 6.07) is -0.612. The molecule has 2 amide bonds. The minimum absolute atomic E-state index is 0.546. The molecule has 1 rings (SSSR count). The summed E-state index contributed by atoms with van der Waals surface area (Å²) >= 11 is 0. The van der Waals surface area contributed by atoms with Gasteiger partial charge < -0.3 is 10.2 Å². The number of likely N-dealkylation sites (tertiary alicyclic amines) is 1. The lowest BCUT2D eigenvalue weighted by atomic mass is 10.00. The summed E-state index contributed by atoms with van der Waals surface area (Å²) in [5.41, 5.74) is 0. The number of carbonyl (C=O) groups is 1. The molecule has 1 saturated heterocycles. The molecule has 1 heterocycles. The SMILES string of the molecule is CC1CCN(C(=O)NCC(F)(F)F)CC1. The molecule has 1 aliphatic rings. The second-order valence-corrected chi connectivity index (χ2v) is 3.94. The molecule has 0 aliphatic carbocycles. The van der Waals surface area contributed by atoms with Crippen LogP contribution in [0, 0.1) is 5.92 Å². The molecule has 1 fully saturated rings. The van der Waals surface area contributed by atoms with Crippen LogP contribution in [-0.2, 0) is 0 Å². The Morgan fingerprint density at radius 1 is 1.40 bits per heavy atom. The number of piperidine rings is 1. The topological polar surface area (TPSA) is 32.3 Å². The van der Waals surface area contributed by atoms with Gasteiger partial charge in [0.15, 0.2) is 0 Å². The van der Waals surface area contributed by atoms with Gasteiger partial charge in [-0.3, -0.25) is 0 Å². The van der Waals surface area contributed by atoms with Crippen molar-refractivity contribution >= 4 is 6.03 Å². The second-order valence-electron chi connectivity index (χ2n) is 3.94. The molecule has 6 heteroatoms. The zero-order valence-electron chi connectivity index (χ0n) is 8.60. The molecule has 1 aliphatic heterocycles. The number of carbonyl (C=O) groups excluding carboxylic acids is 1. The Hall–Kier alpha value is -0.940. The summed E-state index contributed by atoms with van der Waals surface area (Å²) in [5, 5.41) is 1.87. The molecule has 0 bridgehead atoms. The van der Waals surface area contributed by atoms with Crippen LogP contribution in [-0.4, -0.2) is 36.7 Å². The fraction of sp³-hybridized carbons (Fsp3) is 0.889. The van der Waals surface area contributed by atoms with E-state index >= 15 is 0 Å². The largest absolute Gasteiger partial charge is 0.405 e. The number of halogens is 3. The van der Waals surface area contributed by atoms with Crippen LogP contribution in [0.25, 0.3) is 0 Å². The summed E-state index contributed by atoms with van der Waals surface area (Å²) < 4.78 is 35.4. The molecule has 88 valence electrons. The Bertz CT molecular complexity index is 222. The van der Waals surface area contributed by atoms with Crippen LogP contribution in [0.15, 0.2) is 0 Å². The molecule has 0 saturated carbocycles. The van der Waals surface area contributed by atoms with Crippen LogP contribution in [0.1, 0.15) is 19.8 Å². The van der Waals surface area contributed by atoms with Gasteiger partial charge in [0.05, 0.1) is 0 Å². The van der Waals surface area contributed by atoms with Crippen molar-refractivity contribution < 1.29 is 18.0 Å². The number of amides is 2. The van der Waals surface area contributed by atoms with Gasteiger partial charge in [-0.25, -0.2) is 4.79 Å². The number of urea groups is 1. The van der Waals surface area contributed by atoms with Gasteiger partial charge in [-0.2, -0.15) is 13.2 Å². The van der Waals surface area contributed by atoms with E-state index in [9.17, 15) is 18.0 Å². The Morgan fingerprint density at radius 3 is 2.40 bits per heavy atom. The summed E-state index contributed by atoms with van der Waals surface area (Å²) in [5.74, 6) is 0.552. The fourth-order valence-corrected chi connectivity index (χ4v) is 1.50. The van der Waals surface area contributed by atoms with Crippen molar-refractivity contribution in [2.75, 3.05) is 19.6 Å². The summed E-state index contributed by atoms with van der Waals surface area (Å²) in [7, 11) is 0. The number of nitrogens with zero attached hydrogens (tertiary/aromatic N) is 1. The second kappa shape index (κ2) is 4.72. The van der Waals surface area contributed by atoms with Crippen molar-refractivity contribution in [1.82, 2.24) is 10.2 Å². The molecular formula is C9H15F3N2O. The molecule has 15 heavy (non-hydrogen) atoms. The Labute approximate surface area is 86.6 Å². The van der Waals surface area contributed by atoms with Crippen LogP contribution in [0.3, 0.4) is 0 Å². The lowest BCUT2D eigenvalue weighted by molar-refractivity contribution is -0.123. The minimum atomic E-state index is -4.33. The molecule has 0 aromatic carbocycles. The molecule has 0 atom stereocenters. The van der Waals surface area contributed by atoms with Crippen LogP contribution < -0.4 is 5.32 Å². The first kappa shape index (κ1) is 12.1. The Morgan fingerprint density at radius 2 is 1.93 bits per heavy atom. The Kier molecular flexibility index (Phi) is 3.82. The van der Waals surface area contributed by atoms with Crippen molar-refractivity contribution in [3.8, 4) is 0 Å². The van der Waals surface area contributed by atoms with Crippen LogP contribution >= 0.6 is 0 Å². The van der Waals surface area contributed by atoms with Crippen molar-refractivity contribution in [2.24, 2.45) is 5.92 Å². The van der Waals surface area contributed by atoms with Crippen molar-refractivity contribution in [3.63, 3.8) is 0 Å². The number of alkyl halides is 3. The van der Waals surface area contributed by atoms with E-state index in [-0.39, 0.29) is 0 Å². The maximum Gasteiger partial charge on any atom is 0.405 e. The van der Waals surface area contributed by atoms with Gasteiger partial charge >= 0.3 is 12.2 Å². The highest BCUT2D eigenvalue weighted by molar-refractivity contribution is 5.74. The van der Waals surface area contributed by atoms with Gasteiger partial charge in [-0.1, -0.05) is 6.92 Å². The molecule has 1 N–H and O–H groups in total. The van der Waals surface area contributed by atoms with E-state index in [1.165, 1.54) is 4.90 Å². The molecule has 0 aromatic rings. The third-order valence-electron chi connectivity index (χ3n) is 2.51. The highest BCUT2D eigenvalue weighted by atomic mass is 19.4. The predicted octanol–water partition coefficient (Wildman–Crippen LogP) is 1.99. The van der Waals surface area contributed by atoms with Crippen molar-refractivity contribution in [3.05, 3.63) is 0 Å². The lowest BCUT2D eigenvalue weighted by Crippen LogP contribution is -2.46. The lowest BCUT2D eigenvalue weighted by Gasteiger charge is -2.30. The quantitative estimate of drug-likeness (QED) is 0.725. The first-order valence-electron chi connectivity index (χ1n) is 4.98. The summed E-state index contributed by atoms with van der Waals surface area (Å²) in [6.07, 6.45) is -2.61. The zero-order chi connectivity index (χ0) is 11.5. The molecule has 0 aromatic heterocycles. The smallest absolute Gasteiger partial charge is 0.329 e. The first-order valence-corrected chi connectivity index (χ1v) is 4.98. The van der Waals surface area contributed by atoms with Crippen LogP contribution in [0.2, 0.25) is 0 Å². The van der Waals surface area contributed by atoms with Gasteiger partial charge in [0, 0.05) is 13.1 Å². The van der Waals surface area contributed by atoms with E-state index in [2.05, 4.69) is 6.92 Å². The molecule has 3 nitrogen and oxygen atoms in total. The van der Waals surface area contributed by atoms with Gasteiger partial charge in [0.2, 0.25) is 0 Å². The number of rotatable bonds is 1. The first-order chi connectivity index (χ1) is 6.88. The van der Waals surface area contributed by atoms with Gasteiger partial charge in [0.1, 0.15) is 6.54 Å². The van der Waals surface area contributed by atoms with E-state index in [1.807, 2.05) is 5.32 Å². The van der Waals surface area contributed by atoms with Crippen molar-refractivity contribution in [2.45, 2.75) is 25.9 Å². The normalized spacial score (nSPS) is 19.1. The van der Waals surface area contributed by atoms with Gasteiger partial charge in [-0.05, 0) is 18.8 Å². The third kappa shape index (κ3) is 4.40. The highest BCUT2D eigenvalue weighted by Gasteiger charge is 2.29. The van der Waals surface area contributed by atoms with E-state index in [0.717, 1.165) is 12.8 Å². The molecular weight excluding hydrogens is 209 g/mol. The van der Waals surface area contributed by atoms with E-state index in [0.29, 0.717) is 19.0 Å². The monoisotopic (exact) mass is 224 g/mol. The molecule has 0 spiro atoms.